The Morgan fingerprint density at radius 2 is 2.07 bits per heavy atom. The number of imidazole rings is 1. The quantitative estimate of drug-likeness (QED) is 0.589. The number of para-hydroxylation sites is 2. The van der Waals surface area contributed by atoms with Gasteiger partial charge in [0.15, 0.2) is 0 Å². The van der Waals surface area contributed by atoms with E-state index in [9.17, 15) is 4.79 Å². The van der Waals surface area contributed by atoms with Gasteiger partial charge in [-0.2, -0.15) is 0 Å². The van der Waals surface area contributed by atoms with Gasteiger partial charge >= 0.3 is 0 Å². The molecule has 2 aromatic heterocycles. The molecule has 0 unspecified atom stereocenters. The van der Waals surface area contributed by atoms with Gasteiger partial charge in [0.1, 0.15) is 6.04 Å². The van der Waals surface area contributed by atoms with Crippen LogP contribution in [0.5, 0.6) is 0 Å². The summed E-state index contributed by atoms with van der Waals surface area (Å²) in [5.41, 5.74) is 6.85. The zero-order chi connectivity index (χ0) is 18.5. The number of benzene rings is 2. The Morgan fingerprint density at radius 1 is 1.22 bits per heavy atom. The maximum atomic E-state index is 13.2. The van der Waals surface area contributed by atoms with E-state index in [1.807, 2.05) is 40.7 Å². The van der Waals surface area contributed by atoms with E-state index in [-0.39, 0.29) is 11.9 Å². The van der Waals surface area contributed by atoms with Gasteiger partial charge in [0.05, 0.1) is 17.4 Å². The van der Waals surface area contributed by atoms with Crippen molar-refractivity contribution in [2.45, 2.75) is 32.9 Å². The molecule has 5 nitrogen and oxygen atoms in total. The minimum atomic E-state index is -0.272. The summed E-state index contributed by atoms with van der Waals surface area (Å²) in [5.74, 6) is 0.144. The van der Waals surface area contributed by atoms with E-state index in [1.165, 1.54) is 22.2 Å². The van der Waals surface area contributed by atoms with Crippen molar-refractivity contribution in [1.29, 1.82) is 0 Å². The van der Waals surface area contributed by atoms with Crippen molar-refractivity contribution in [3.63, 3.8) is 0 Å². The highest BCUT2D eigenvalue weighted by Gasteiger charge is 2.28. The summed E-state index contributed by atoms with van der Waals surface area (Å²) in [6.07, 6.45) is 2.64. The highest BCUT2D eigenvalue weighted by Crippen LogP contribution is 2.30. The third-order valence-electron chi connectivity index (χ3n) is 5.70. The molecular formula is C22H22N4O. The highest BCUT2D eigenvalue weighted by atomic mass is 16.2. The van der Waals surface area contributed by atoms with Crippen molar-refractivity contribution >= 4 is 27.8 Å². The fourth-order valence-corrected chi connectivity index (χ4v) is 4.19. The molecule has 1 amide bonds. The van der Waals surface area contributed by atoms with Crippen LogP contribution >= 0.6 is 0 Å². The monoisotopic (exact) mass is 358 g/mol. The molecule has 136 valence electrons. The third-order valence-corrected chi connectivity index (χ3v) is 5.70. The van der Waals surface area contributed by atoms with Crippen molar-refractivity contribution in [3.05, 3.63) is 65.6 Å². The standard InChI is InChI=1S/C22H22N4O/c1-14-7-8-18-16(11-14)17-12-25(10-9-19(17)24-18)22(27)15(2)26-13-23-20-5-3-4-6-21(20)26/h3-8,11,13,15,24H,9-10,12H2,1-2H3/t15-/m0/s1. The summed E-state index contributed by atoms with van der Waals surface area (Å²) in [7, 11) is 0. The molecule has 27 heavy (non-hydrogen) atoms. The van der Waals surface area contributed by atoms with Crippen LogP contribution in [0.15, 0.2) is 48.8 Å². The summed E-state index contributed by atoms with van der Waals surface area (Å²) >= 11 is 0. The lowest BCUT2D eigenvalue weighted by atomic mass is 10.0. The first kappa shape index (κ1) is 16.1. The lowest BCUT2D eigenvalue weighted by Gasteiger charge is -2.30. The van der Waals surface area contributed by atoms with Crippen molar-refractivity contribution in [3.8, 4) is 0 Å². The molecule has 0 saturated heterocycles. The van der Waals surface area contributed by atoms with E-state index in [1.54, 1.807) is 6.33 Å². The van der Waals surface area contributed by atoms with E-state index in [4.69, 9.17) is 0 Å². The Kier molecular flexibility index (Phi) is 3.57. The van der Waals surface area contributed by atoms with Gasteiger partial charge in [-0.3, -0.25) is 4.79 Å². The van der Waals surface area contributed by atoms with Crippen LogP contribution in [-0.2, 0) is 17.8 Å². The molecule has 0 saturated carbocycles. The molecule has 0 bridgehead atoms. The van der Waals surface area contributed by atoms with Crippen LogP contribution in [0, 0.1) is 6.92 Å². The predicted octanol–water partition coefficient (Wildman–Crippen LogP) is 3.97. The Morgan fingerprint density at radius 3 is 2.96 bits per heavy atom. The van der Waals surface area contributed by atoms with Crippen LogP contribution in [0.1, 0.15) is 29.8 Å². The van der Waals surface area contributed by atoms with Crippen molar-refractivity contribution < 1.29 is 4.79 Å². The van der Waals surface area contributed by atoms with Gasteiger partial charge < -0.3 is 14.5 Å². The normalized spacial score (nSPS) is 15.3. The first-order valence-corrected chi connectivity index (χ1v) is 9.42. The molecule has 2 aromatic carbocycles. The minimum Gasteiger partial charge on any atom is -0.358 e. The molecule has 5 rings (SSSR count). The number of carbonyl (C=O) groups is 1. The first-order valence-electron chi connectivity index (χ1n) is 9.42. The van der Waals surface area contributed by atoms with E-state index < -0.39 is 0 Å². The molecule has 1 N–H and O–H groups in total. The Labute approximate surface area is 157 Å². The predicted molar refractivity (Wildman–Crippen MR) is 107 cm³/mol. The molecule has 4 aromatic rings. The van der Waals surface area contributed by atoms with Crippen molar-refractivity contribution in [2.24, 2.45) is 0 Å². The Hall–Kier alpha value is -3.08. The van der Waals surface area contributed by atoms with E-state index in [0.717, 1.165) is 29.5 Å². The van der Waals surface area contributed by atoms with Crippen LogP contribution in [0.2, 0.25) is 0 Å². The van der Waals surface area contributed by atoms with Gasteiger partial charge in [0, 0.05) is 41.7 Å². The van der Waals surface area contributed by atoms with E-state index in [2.05, 4.69) is 35.1 Å². The lowest BCUT2D eigenvalue weighted by Crippen LogP contribution is -2.39. The first-order chi connectivity index (χ1) is 13.1. The molecule has 1 atom stereocenters. The average Bonchev–Trinajstić information content (AvgIpc) is 3.27. The SMILES string of the molecule is Cc1ccc2[nH]c3c(c2c1)CN(C(=O)[C@H](C)n1cnc2ccccc21)CC3. The molecule has 1 aliphatic rings. The summed E-state index contributed by atoms with van der Waals surface area (Å²) < 4.78 is 1.98. The Balaban J connectivity index is 1.46. The number of fused-ring (bicyclic) bond motifs is 4. The van der Waals surface area contributed by atoms with Crippen molar-refractivity contribution in [1.82, 2.24) is 19.4 Å². The second kappa shape index (κ2) is 5.98. The number of nitrogens with zero attached hydrogens (tertiary/aromatic N) is 3. The molecule has 5 heteroatoms. The number of carbonyl (C=O) groups excluding carboxylic acids is 1. The number of nitrogens with one attached hydrogen (secondary N) is 1. The molecule has 0 spiro atoms. The number of hydrogen-bond acceptors (Lipinski definition) is 2. The number of H-pyrrole nitrogens is 1. The number of aromatic amines is 1. The van der Waals surface area contributed by atoms with Gasteiger partial charge in [-0.05, 0) is 38.1 Å². The fourth-order valence-electron chi connectivity index (χ4n) is 4.19. The number of hydrogen-bond donors (Lipinski definition) is 1. The maximum Gasteiger partial charge on any atom is 0.245 e. The summed E-state index contributed by atoms with van der Waals surface area (Å²) in [5, 5.41) is 1.24. The lowest BCUT2D eigenvalue weighted by molar-refractivity contribution is -0.135. The molecule has 1 aliphatic heterocycles. The molecule has 3 heterocycles. The maximum absolute atomic E-state index is 13.2. The number of aryl methyl sites for hydroxylation is 1. The zero-order valence-electron chi connectivity index (χ0n) is 15.6. The molecule has 0 fully saturated rings. The van der Waals surface area contributed by atoms with Crippen molar-refractivity contribution in [2.75, 3.05) is 6.54 Å². The Bertz CT molecular complexity index is 1170. The van der Waals surface area contributed by atoms with Crippen LogP contribution in [0.25, 0.3) is 21.9 Å². The van der Waals surface area contributed by atoms with Crippen LogP contribution < -0.4 is 0 Å². The number of amides is 1. The van der Waals surface area contributed by atoms with Gasteiger partial charge in [0.2, 0.25) is 5.91 Å². The second-order valence-corrected chi connectivity index (χ2v) is 7.46. The summed E-state index contributed by atoms with van der Waals surface area (Å²) in [6.45, 7) is 5.48. The van der Waals surface area contributed by atoms with Crippen LogP contribution in [0.4, 0.5) is 0 Å². The number of rotatable bonds is 2. The van der Waals surface area contributed by atoms with Crippen LogP contribution in [-0.4, -0.2) is 31.9 Å². The smallest absolute Gasteiger partial charge is 0.245 e. The number of aromatic nitrogens is 3. The zero-order valence-corrected chi connectivity index (χ0v) is 15.6. The summed E-state index contributed by atoms with van der Waals surface area (Å²) in [6, 6.07) is 14.1. The van der Waals surface area contributed by atoms with Gasteiger partial charge in [-0.1, -0.05) is 23.8 Å². The summed E-state index contributed by atoms with van der Waals surface area (Å²) in [4.78, 5) is 23.2. The molecule has 0 aliphatic carbocycles. The highest BCUT2D eigenvalue weighted by molar-refractivity contribution is 5.88. The molecule has 0 radical (unpaired) electrons. The van der Waals surface area contributed by atoms with E-state index in [0.29, 0.717) is 6.54 Å². The van der Waals surface area contributed by atoms with Gasteiger partial charge in [0.25, 0.3) is 0 Å². The molecular weight excluding hydrogens is 336 g/mol. The second-order valence-electron chi connectivity index (χ2n) is 7.46. The topological polar surface area (TPSA) is 53.9 Å². The fraction of sp³-hybridized carbons (Fsp3) is 0.273. The third kappa shape index (κ3) is 2.53. The minimum absolute atomic E-state index is 0.144. The van der Waals surface area contributed by atoms with Gasteiger partial charge in [-0.25, -0.2) is 4.98 Å². The largest absolute Gasteiger partial charge is 0.358 e. The van der Waals surface area contributed by atoms with Crippen LogP contribution in [0.3, 0.4) is 0 Å². The average molecular weight is 358 g/mol. The van der Waals surface area contributed by atoms with E-state index >= 15 is 0 Å². The van der Waals surface area contributed by atoms with Gasteiger partial charge in [-0.15, -0.1) is 0 Å².